The Morgan fingerprint density at radius 2 is 0.672 bits per heavy atom. The van der Waals surface area contributed by atoms with Crippen LogP contribution in [0.5, 0.6) is 0 Å². The van der Waals surface area contributed by atoms with Crippen molar-refractivity contribution in [1.82, 2.24) is 0 Å². The van der Waals surface area contributed by atoms with E-state index in [0.29, 0.717) is 19.3 Å². The largest absolute Gasteiger partial charge is 0.462 e. The molecule has 0 saturated carbocycles. The average Bonchev–Trinajstić information content (AvgIpc) is 3.29. The van der Waals surface area contributed by atoms with E-state index in [1.54, 1.807) is 0 Å². The SMILES string of the molecule is CC\C=C/C=C\C=C/CCCCCCCCCC(=O)OCC(COC(=O)CC/C=C\C/C=C\C/C=C\C/C=C\C/C=C\CC)OC(=O)CCCCCCCCC\C=C/C=C\C=C/CC. The molecule has 0 aromatic carbocycles. The smallest absolute Gasteiger partial charge is 0.306 e. The molecule has 0 bridgehead atoms. The zero-order valence-corrected chi connectivity index (χ0v) is 40.7. The number of rotatable bonds is 43. The number of carbonyl (C=O) groups excluding carboxylic acids is 3. The van der Waals surface area contributed by atoms with E-state index >= 15 is 0 Å². The molecule has 358 valence electrons. The zero-order valence-electron chi connectivity index (χ0n) is 40.7. The molecular weight excluding hydrogens is 793 g/mol. The summed E-state index contributed by atoms with van der Waals surface area (Å²) in [5.41, 5.74) is 0. The third-order valence-electron chi connectivity index (χ3n) is 10.0. The maximum atomic E-state index is 12.8. The third-order valence-corrected chi connectivity index (χ3v) is 10.0. The van der Waals surface area contributed by atoms with Gasteiger partial charge in [0.05, 0.1) is 0 Å². The minimum absolute atomic E-state index is 0.117. The zero-order chi connectivity index (χ0) is 46.5. The van der Waals surface area contributed by atoms with Crippen molar-refractivity contribution in [2.45, 2.75) is 200 Å². The number of unbranched alkanes of at least 4 members (excludes halogenated alkanes) is 14. The second-order valence-corrected chi connectivity index (χ2v) is 16.1. The van der Waals surface area contributed by atoms with Gasteiger partial charge in [0, 0.05) is 19.3 Å². The van der Waals surface area contributed by atoms with Crippen LogP contribution < -0.4 is 0 Å². The fraction of sp³-hybridized carbons (Fsp3) is 0.569. The fourth-order valence-corrected chi connectivity index (χ4v) is 6.31. The van der Waals surface area contributed by atoms with Crippen molar-refractivity contribution in [3.8, 4) is 0 Å². The summed E-state index contributed by atoms with van der Waals surface area (Å²) in [5.74, 6) is -1.04. The molecule has 0 amide bonds. The lowest BCUT2D eigenvalue weighted by Gasteiger charge is -2.18. The van der Waals surface area contributed by atoms with Crippen molar-refractivity contribution in [2.75, 3.05) is 13.2 Å². The van der Waals surface area contributed by atoms with Gasteiger partial charge in [0.2, 0.25) is 0 Å². The Morgan fingerprint density at radius 3 is 1.11 bits per heavy atom. The van der Waals surface area contributed by atoms with Gasteiger partial charge in [0.15, 0.2) is 6.10 Å². The summed E-state index contributed by atoms with van der Waals surface area (Å²) in [7, 11) is 0. The van der Waals surface area contributed by atoms with Crippen molar-refractivity contribution in [2.24, 2.45) is 0 Å². The quantitative estimate of drug-likeness (QED) is 0.0200. The van der Waals surface area contributed by atoms with Crippen molar-refractivity contribution < 1.29 is 28.6 Å². The number of esters is 3. The first-order valence-electron chi connectivity index (χ1n) is 25.3. The number of carbonyl (C=O) groups is 3. The highest BCUT2D eigenvalue weighted by Gasteiger charge is 2.19. The first kappa shape index (κ1) is 59.5. The van der Waals surface area contributed by atoms with Gasteiger partial charge in [-0.1, -0.05) is 219 Å². The Kier molecular flexibility index (Phi) is 47.6. The normalized spacial score (nSPS) is 13.2. The van der Waals surface area contributed by atoms with E-state index in [9.17, 15) is 14.4 Å². The van der Waals surface area contributed by atoms with Crippen LogP contribution in [0.4, 0.5) is 0 Å². The maximum absolute atomic E-state index is 12.8. The molecule has 0 aromatic heterocycles. The van der Waals surface area contributed by atoms with Gasteiger partial charge in [0.25, 0.3) is 0 Å². The highest BCUT2D eigenvalue weighted by atomic mass is 16.6. The topological polar surface area (TPSA) is 78.9 Å². The van der Waals surface area contributed by atoms with E-state index in [-0.39, 0.29) is 37.5 Å². The first-order valence-corrected chi connectivity index (χ1v) is 25.3. The summed E-state index contributed by atoms with van der Waals surface area (Å²) in [5, 5.41) is 0. The lowest BCUT2D eigenvalue weighted by atomic mass is 10.1. The van der Waals surface area contributed by atoms with Gasteiger partial charge in [-0.2, -0.15) is 0 Å². The molecule has 0 aliphatic rings. The molecule has 0 spiro atoms. The molecule has 1 atom stereocenters. The van der Waals surface area contributed by atoms with Crippen LogP contribution in [0, 0.1) is 0 Å². The molecule has 6 heteroatoms. The fourth-order valence-electron chi connectivity index (χ4n) is 6.31. The molecule has 64 heavy (non-hydrogen) atoms. The molecular formula is C58H90O6. The first-order chi connectivity index (χ1) is 31.5. The summed E-state index contributed by atoms with van der Waals surface area (Å²) in [6.45, 7) is 6.15. The summed E-state index contributed by atoms with van der Waals surface area (Å²) in [6, 6.07) is 0. The molecule has 0 aliphatic carbocycles. The Morgan fingerprint density at radius 1 is 0.328 bits per heavy atom. The highest BCUT2D eigenvalue weighted by Crippen LogP contribution is 2.13. The summed E-state index contributed by atoms with van der Waals surface area (Å²) >= 11 is 0. The van der Waals surface area contributed by atoms with Crippen LogP contribution in [0.15, 0.2) is 134 Å². The summed E-state index contributed by atoms with van der Waals surface area (Å²) in [4.78, 5) is 38.0. The van der Waals surface area contributed by atoms with Crippen molar-refractivity contribution in [3.05, 3.63) is 134 Å². The molecule has 0 radical (unpaired) electrons. The Bertz CT molecular complexity index is 1430. The highest BCUT2D eigenvalue weighted by molar-refractivity contribution is 5.71. The van der Waals surface area contributed by atoms with E-state index in [1.165, 1.54) is 44.9 Å². The van der Waals surface area contributed by atoms with Crippen LogP contribution in [0.3, 0.4) is 0 Å². The van der Waals surface area contributed by atoms with E-state index in [2.05, 4.69) is 142 Å². The van der Waals surface area contributed by atoms with Gasteiger partial charge in [0.1, 0.15) is 13.2 Å². The summed E-state index contributed by atoms with van der Waals surface area (Å²) < 4.78 is 16.7. The monoisotopic (exact) mass is 883 g/mol. The number of ether oxygens (including phenoxy) is 3. The van der Waals surface area contributed by atoms with Gasteiger partial charge in [-0.3, -0.25) is 14.4 Å². The molecule has 0 N–H and O–H groups in total. The predicted molar refractivity (Wildman–Crippen MR) is 274 cm³/mol. The number of hydrogen-bond acceptors (Lipinski definition) is 6. The van der Waals surface area contributed by atoms with Gasteiger partial charge in [-0.15, -0.1) is 0 Å². The Balaban J connectivity index is 4.56. The molecule has 0 heterocycles. The van der Waals surface area contributed by atoms with E-state index in [1.807, 2.05) is 12.2 Å². The Hall–Kier alpha value is -4.45. The van der Waals surface area contributed by atoms with Gasteiger partial charge >= 0.3 is 17.9 Å². The minimum Gasteiger partial charge on any atom is -0.462 e. The molecule has 6 nitrogen and oxygen atoms in total. The average molecular weight is 883 g/mol. The second-order valence-electron chi connectivity index (χ2n) is 16.1. The van der Waals surface area contributed by atoms with Crippen LogP contribution >= 0.6 is 0 Å². The van der Waals surface area contributed by atoms with Crippen molar-refractivity contribution in [1.29, 1.82) is 0 Å². The number of hydrogen-bond donors (Lipinski definition) is 0. The molecule has 0 fully saturated rings. The second kappa shape index (κ2) is 51.2. The van der Waals surface area contributed by atoms with Gasteiger partial charge in [-0.05, 0) is 89.9 Å². The van der Waals surface area contributed by atoms with E-state index < -0.39 is 6.10 Å². The summed E-state index contributed by atoms with van der Waals surface area (Å²) in [6.07, 6.45) is 71.6. The van der Waals surface area contributed by atoms with Crippen LogP contribution in [-0.4, -0.2) is 37.2 Å². The van der Waals surface area contributed by atoms with Crippen LogP contribution in [0.2, 0.25) is 0 Å². The van der Waals surface area contributed by atoms with Crippen LogP contribution in [-0.2, 0) is 28.6 Å². The molecule has 0 aliphatic heterocycles. The van der Waals surface area contributed by atoms with Crippen LogP contribution in [0.25, 0.3) is 0 Å². The van der Waals surface area contributed by atoms with Gasteiger partial charge in [-0.25, -0.2) is 0 Å². The molecule has 1 unspecified atom stereocenters. The van der Waals surface area contributed by atoms with Crippen LogP contribution in [0.1, 0.15) is 194 Å². The Labute approximate surface area is 392 Å². The maximum Gasteiger partial charge on any atom is 0.306 e. The van der Waals surface area contributed by atoms with E-state index in [0.717, 1.165) is 103 Å². The molecule has 0 rings (SSSR count). The van der Waals surface area contributed by atoms with Gasteiger partial charge < -0.3 is 14.2 Å². The van der Waals surface area contributed by atoms with E-state index in [4.69, 9.17) is 14.2 Å². The predicted octanol–water partition coefficient (Wildman–Crippen LogP) is 16.7. The lowest BCUT2D eigenvalue weighted by molar-refractivity contribution is -0.166. The molecule has 0 aromatic rings. The number of allylic oxidation sites excluding steroid dienone is 22. The van der Waals surface area contributed by atoms with Crippen molar-refractivity contribution >= 4 is 17.9 Å². The lowest BCUT2D eigenvalue weighted by Crippen LogP contribution is -2.30. The van der Waals surface area contributed by atoms with Crippen molar-refractivity contribution in [3.63, 3.8) is 0 Å². The minimum atomic E-state index is -0.824. The molecule has 0 saturated heterocycles. The standard InChI is InChI=1S/C58H90O6/c1-4-7-10-13-16-19-22-25-28-31-33-36-39-42-45-48-51-57(60)63-54-55(64-58(61)52-49-46-43-40-37-34-30-27-24-21-18-15-12-9-6-3)53-62-56(59)50-47-44-41-38-35-32-29-26-23-20-17-14-11-8-5-2/h7-12,14-21,23-25,28,33,36,42,45,55H,4-6,13,22,26-27,29-32,34-35,37-41,43-44,46-54H2,1-3H3/b10-7-,11-8-,12-9-,17-14-,18-15-,19-16-,23-20-,24-21-,28-25-,36-33-,45-42-. The third kappa shape index (κ3) is 48.6.